The standard InChI is InChI=1S/C15H33O4P/c1-6-10-13-18-20(16,17)19-14(5)11-12-15(7-2,8-3)9-4/h14H,6-13H2,1-5H3,(H,16,17). The normalized spacial score (nSPS) is 16.9. The second-order valence-corrected chi connectivity index (χ2v) is 7.08. The molecule has 0 rings (SSSR count). The SMILES string of the molecule is CCCCOP(=O)(O)OC(C)CCC(CC)(CC)CC. The summed E-state index contributed by atoms with van der Waals surface area (Å²) in [6.45, 7) is 10.8. The van der Waals surface area contributed by atoms with E-state index < -0.39 is 7.82 Å². The molecule has 0 spiro atoms. The second-order valence-electron chi connectivity index (χ2n) is 5.67. The van der Waals surface area contributed by atoms with Crippen LogP contribution in [-0.2, 0) is 13.6 Å². The minimum Gasteiger partial charge on any atom is -0.302 e. The number of phosphoric acid groups is 1. The Balaban J connectivity index is 4.21. The molecular formula is C15H33O4P. The van der Waals surface area contributed by atoms with E-state index >= 15 is 0 Å². The van der Waals surface area contributed by atoms with E-state index in [9.17, 15) is 9.46 Å². The smallest absolute Gasteiger partial charge is 0.302 e. The van der Waals surface area contributed by atoms with Crippen LogP contribution in [0.1, 0.15) is 79.6 Å². The summed E-state index contributed by atoms with van der Waals surface area (Å²) in [6, 6.07) is 0. The number of hydrogen-bond acceptors (Lipinski definition) is 3. The lowest BCUT2D eigenvalue weighted by Gasteiger charge is -2.31. The van der Waals surface area contributed by atoms with Crippen LogP contribution in [0.4, 0.5) is 0 Å². The molecule has 0 heterocycles. The molecule has 0 aliphatic heterocycles. The molecule has 0 aromatic heterocycles. The summed E-state index contributed by atoms with van der Waals surface area (Å²) < 4.78 is 21.9. The van der Waals surface area contributed by atoms with Crippen molar-refractivity contribution in [1.82, 2.24) is 0 Å². The molecule has 0 aliphatic carbocycles. The fraction of sp³-hybridized carbons (Fsp3) is 1.00. The molecule has 20 heavy (non-hydrogen) atoms. The first-order valence-corrected chi connectivity index (χ1v) is 9.50. The van der Waals surface area contributed by atoms with Gasteiger partial charge in [0.1, 0.15) is 0 Å². The summed E-state index contributed by atoms with van der Waals surface area (Å²) >= 11 is 0. The molecule has 0 radical (unpaired) electrons. The first kappa shape index (κ1) is 20.1. The molecule has 122 valence electrons. The molecule has 1 N–H and O–H groups in total. The van der Waals surface area contributed by atoms with Crippen LogP contribution in [0.25, 0.3) is 0 Å². The van der Waals surface area contributed by atoms with Crippen molar-refractivity contribution in [3.8, 4) is 0 Å². The third-order valence-corrected chi connectivity index (χ3v) is 5.53. The molecule has 5 heteroatoms. The van der Waals surface area contributed by atoms with E-state index in [1.165, 1.54) is 0 Å². The predicted octanol–water partition coefficient (Wildman–Crippen LogP) is 5.31. The zero-order chi connectivity index (χ0) is 15.6. The second kappa shape index (κ2) is 9.94. The molecule has 2 atom stereocenters. The molecule has 0 amide bonds. The Hall–Kier alpha value is 0.110. The van der Waals surface area contributed by atoms with Crippen LogP contribution < -0.4 is 0 Å². The third-order valence-electron chi connectivity index (χ3n) is 4.40. The van der Waals surface area contributed by atoms with Gasteiger partial charge >= 0.3 is 7.82 Å². The molecular weight excluding hydrogens is 275 g/mol. The van der Waals surface area contributed by atoms with Crippen LogP contribution in [0.15, 0.2) is 0 Å². The fourth-order valence-corrected chi connectivity index (χ4v) is 3.41. The van der Waals surface area contributed by atoms with E-state index in [1.807, 2.05) is 13.8 Å². The highest BCUT2D eigenvalue weighted by Gasteiger charge is 2.28. The average molecular weight is 308 g/mol. The van der Waals surface area contributed by atoms with Gasteiger partial charge in [0.15, 0.2) is 0 Å². The van der Waals surface area contributed by atoms with Crippen molar-refractivity contribution in [2.75, 3.05) is 6.61 Å². The Morgan fingerprint density at radius 1 is 1.15 bits per heavy atom. The quantitative estimate of drug-likeness (QED) is 0.392. The first-order valence-electron chi connectivity index (χ1n) is 8.00. The molecule has 0 bridgehead atoms. The van der Waals surface area contributed by atoms with Crippen molar-refractivity contribution in [3.63, 3.8) is 0 Å². The zero-order valence-electron chi connectivity index (χ0n) is 13.9. The maximum atomic E-state index is 11.7. The first-order chi connectivity index (χ1) is 9.34. The minimum absolute atomic E-state index is 0.253. The van der Waals surface area contributed by atoms with Gasteiger partial charge in [-0.2, -0.15) is 0 Å². The highest BCUT2D eigenvalue weighted by atomic mass is 31.2. The van der Waals surface area contributed by atoms with E-state index in [0.29, 0.717) is 5.41 Å². The summed E-state index contributed by atoms with van der Waals surface area (Å²) in [5.74, 6) is 0. The molecule has 0 aromatic rings. The highest BCUT2D eigenvalue weighted by molar-refractivity contribution is 7.47. The van der Waals surface area contributed by atoms with Crippen molar-refractivity contribution in [2.45, 2.75) is 85.7 Å². The van der Waals surface area contributed by atoms with Gasteiger partial charge < -0.3 is 4.89 Å². The van der Waals surface area contributed by atoms with Crippen molar-refractivity contribution in [3.05, 3.63) is 0 Å². The number of unbranched alkanes of at least 4 members (excludes halogenated alkanes) is 1. The van der Waals surface area contributed by atoms with Crippen molar-refractivity contribution in [2.24, 2.45) is 5.41 Å². The maximum Gasteiger partial charge on any atom is 0.472 e. The van der Waals surface area contributed by atoms with Crippen LogP contribution in [0.3, 0.4) is 0 Å². The van der Waals surface area contributed by atoms with Crippen molar-refractivity contribution < 1.29 is 18.5 Å². The lowest BCUT2D eigenvalue weighted by Crippen LogP contribution is -2.20. The molecule has 4 nitrogen and oxygen atoms in total. The topological polar surface area (TPSA) is 55.8 Å². The number of phosphoric ester groups is 1. The minimum atomic E-state index is -3.89. The zero-order valence-corrected chi connectivity index (χ0v) is 14.7. The van der Waals surface area contributed by atoms with Crippen LogP contribution in [0, 0.1) is 5.41 Å². The average Bonchev–Trinajstić information content (AvgIpc) is 2.40. The van der Waals surface area contributed by atoms with Gasteiger partial charge in [-0.1, -0.05) is 53.4 Å². The Kier molecular flexibility index (Phi) is 10.00. The highest BCUT2D eigenvalue weighted by Crippen LogP contribution is 2.46. The maximum absolute atomic E-state index is 11.7. The number of rotatable bonds is 12. The Morgan fingerprint density at radius 2 is 1.70 bits per heavy atom. The van der Waals surface area contributed by atoms with Crippen molar-refractivity contribution >= 4 is 7.82 Å². The molecule has 0 aliphatic rings. The monoisotopic (exact) mass is 308 g/mol. The van der Waals surface area contributed by atoms with E-state index in [2.05, 4.69) is 20.8 Å². The summed E-state index contributed by atoms with van der Waals surface area (Å²) in [7, 11) is -3.89. The van der Waals surface area contributed by atoms with Gasteiger partial charge in [-0.15, -0.1) is 0 Å². The van der Waals surface area contributed by atoms with Gasteiger partial charge in [0.05, 0.1) is 12.7 Å². The largest absolute Gasteiger partial charge is 0.472 e. The van der Waals surface area contributed by atoms with E-state index in [-0.39, 0.29) is 12.7 Å². The Bertz CT molecular complexity index is 281. The summed E-state index contributed by atoms with van der Waals surface area (Å²) in [5.41, 5.74) is 0.333. The van der Waals surface area contributed by atoms with Crippen LogP contribution in [0.2, 0.25) is 0 Å². The van der Waals surface area contributed by atoms with Crippen LogP contribution in [0.5, 0.6) is 0 Å². The van der Waals surface area contributed by atoms with Gasteiger partial charge in [-0.05, 0) is 31.6 Å². The molecule has 0 saturated heterocycles. The fourth-order valence-electron chi connectivity index (χ4n) is 2.42. The summed E-state index contributed by atoms with van der Waals surface area (Å²) in [6.07, 6.45) is 6.67. The Labute approximate surface area is 124 Å². The van der Waals surface area contributed by atoms with E-state index in [1.54, 1.807) is 0 Å². The van der Waals surface area contributed by atoms with Crippen LogP contribution in [-0.4, -0.2) is 17.6 Å². The third kappa shape index (κ3) is 7.78. The lowest BCUT2D eigenvalue weighted by molar-refractivity contribution is 0.0932. The molecule has 0 saturated carbocycles. The molecule has 0 fully saturated rings. The van der Waals surface area contributed by atoms with Gasteiger partial charge in [0, 0.05) is 0 Å². The van der Waals surface area contributed by atoms with Gasteiger partial charge in [-0.3, -0.25) is 9.05 Å². The lowest BCUT2D eigenvalue weighted by atomic mass is 9.75. The van der Waals surface area contributed by atoms with Gasteiger partial charge in [0.25, 0.3) is 0 Å². The molecule has 2 unspecified atom stereocenters. The van der Waals surface area contributed by atoms with Crippen molar-refractivity contribution in [1.29, 1.82) is 0 Å². The molecule has 0 aromatic carbocycles. The van der Waals surface area contributed by atoms with E-state index in [4.69, 9.17) is 9.05 Å². The Morgan fingerprint density at radius 3 is 2.15 bits per heavy atom. The number of hydrogen-bond donors (Lipinski definition) is 1. The van der Waals surface area contributed by atoms with E-state index in [0.717, 1.165) is 44.9 Å². The summed E-state index contributed by atoms with van der Waals surface area (Å²) in [4.78, 5) is 9.62. The predicted molar refractivity (Wildman–Crippen MR) is 83.8 cm³/mol. The van der Waals surface area contributed by atoms with Crippen LogP contribution >= 0.6 is 7.82 Å². The summed E-state index contributed by atoms with van der Waals surface area (Å²) in [5, 5.41) is 0. The van der Waals surface area contributed by atoms with Gasteiger partial charge in [-0.25, -0.2) is 4.57 Å². The van der Waals surface area contributed by atoms with Gasteiger partial charge in [0.2, 0.25) is 0 Å².